The molecule has 0 aromatic rings. The molecule has 1 heteroatoms. The molecule has 0 aliphatic heterocycles. The molecule has 0 saturated heterocycles. The van der Waals surface area contributed by atoms with Crippen LogP contribution in [0.4, 0.5) is 0 Å². The Bertz CT molecular complexity index is 116. The first-order valence-corrected chi connectivity index (χ1v) is 3.02. The summed E-state index contributed by atoms with van der Waals surface area (Å²) in [5.41, 5.74) is 1.13. The lowest BCUT2D eigenvalue weighted by molar-refractivity contribution is 1.43. The molecule has 0 aromatic heterocycles. The molecule has 0 spiro atoms. The molecule has 0 fully saturated rings. The van der Waals surface area contributed by atoms with E-state index in [1.165, 1.54) is 0 Å². The fourth-order valence-corrected chi connectivity index (χ4v) is 0.428. The van der Waals surface area contributed by atoms with Gasteiger partial charge < -0.3 is 0 Å². The highest BCUT2D eigenvalue weighted by molar-refractivity contribution is 6.29. The monoisotopic (exact) mass is 130 g/mol. The molecule has 0 bridgehead atoms. The molecular weight excluding hydrogens is 120 g/mol. The maximum absolute atomic E-state index is 5.64. The summed E-state index contributed by atoms with van der Waals surface area (Å²) in [7, 11) is 0. The van der Waals surface area contributed by atoms with E-state index in [2.05, 4.69) is 0 Å². The molecule has 0 radical (unpaired) electrons. The molecule has 0 aliphatic carbocycles. The first-order chi connectivity index (χ1) is 3.68. The molecule has 0 atom stereocenters. The summed E-state index contributed by atoms with van der Waals surface area (Å²) in [5, 5.41) is 0.864. The van der Waals surface area contributed by atoms with E-state index in [9.17, 15) is 0 Å². The predicted molar refractivity (Wildman–Crippen MR) is 39.0 cm³/mol. The number of hydrogen-bond donors (Lipinski definition) is 0. The number of hydrogen-bond acceptors (Lipinski definition) is 0. The van der Waals surface area contributed by atoms with Gasteiger partial charge in [-0.3, -0.25) is 0 Å². The van der Waals surface area contributed by atoms with Crippen molar-refractivity contribution in [2.75, 3.05) is 0 Å². The molecule has 0 rings (SSSR count). The van der Waals surface area contributed by atoms with Crippen molar-refractivity contribution in [2.24, 2.45) is 0 Å². The van der Waals surface area contributed by atoms with Gasteiger partial charge in [0, 0.05) is 5.03 Å². The van der Waals surface area contributed by atoms with Crippen molar-refractivity contribution in [1.82, 2.24) is 0 Å². The average Bonchev–Trinajstić information content (AvgIpc) is 1.67. The fourth-order valence-electron chi connectivity index (χ4n) is 0.365. The highest BCUT2D eigenvalue weighted by Gasteiger charge is 1.83. The highest BCUT2D eigenvalue weighted by atomic mass is 35.5. The largest absolute Gasteiger partial charge is 0.0892 e. The van der Waals surface area contributed by atoms with E-state index >= 15 is 0 Å². The third-order valence-corrected chi connectivity index (χ3v) is 1.26. The molecule has 0 saturated carbocycles. The van der Waals surface area contributed by atoms with Gasteiger partial charge >= 0.3 is 0 Å². The van der Waals surface area contributed by atoms with Crippen LogP contribution in [0.5, 0.6) is 0 Å². The van der Waals surface area contributed by atoms with Gasteiger partial charge in [0.1, 0.15) is 0 Å². The van der Waals surface area contributed by atoms with Crippen LogP contribution in [0.3, 0.4) is 0 Å². The fraction of sp³-hybridized carbons (Fsp3) is 0.429. The standard InChI is InChI=1S/C7H11Cl/c1-4-5-6(2)7(3)8/h4-5H,1-3H3/b5-4+,7-6+. The third-order valence-electron chi connectivity index (χ3n) is 0.960. The quantitative estimate of drug-likeness (QED) is 0.479. The van der Waals surface area contributed by atoms with Gasteiger partial charge in [-0.1, -0.05) is 23.8 Å². The maximum Gasteiger partial charge on any atom is 0.0179 e. The zero-order valence-corrected chi connectivity index (χ0v) is 6.29. The van der Waals surface area contributed by atoms with Crippen molar-refractivity contribution in [3.05, 3.63) is 22.8 Å². The van der Waals surface area contributed by atoms with Gasteiger partial charge in [0.05, 0.1) is 0 Å². The van der Waals surface area contributed by atoms with Crippen molar-refractivity contribution >= 4 is 11.6 Å². The molecule has 0 N–H and O–H groups in total. The summed E-state index contributed by atoms with van der Waals surface area (Å²) < 4.78 is 0. The summed E-state index contributed by atoms with van der Waals surface area (Å²) >= 11 is 5.64. The van der Waals surface area contributed by atoms with E-state index < -0.39 is 0 Å². The van der Waals surface area contributed by atoms with Gasteiger partial charge in [-0.2, -0.15) is 0 Å². The van der Waals surface area contributed by atoms with Crippen LogP contribution >= 0.6 is 11.6 Å². The molecule has 0 amide bonds. The van der Waals surface area contributed by atoms with Crippen molar-refractivity contribution in [3.8, 4) is 0 Å². The van der Waals surface area contributed by atoms with Gasteiger partial charge in [0.25, 0.3) is 0 Å². The van der Waals surface area contributed by atoms with Crippen LogP contribution in [0.25, 0.3) is 0 Å². The molecule has 0 aromatic carbocycles. The van der Waals surface area contributed by atoms with Crippen LogP contribution in [0.15, 0.2) is 22.8 Å². The van der Waals surface area contributed by atoms with Crippen molar-refractivity contribution in [2.45, 2.75) is 20.8 Å². The van der Waals surface area contributed by atoms with E-state index in [1.807, 2.05) is 32.9 Å². The van der Waals surface area contributed by atoms with Crippen LogP contribution < -0.4 is 0 Å². The van der Waals surface area contributed by atoms with Crippen LogP contribution in [0, 0.1) is 0 Å². The maximum atomic E-state index is 5.64. The lowest BCUT2D eigenvalue weighted by atomic mass is 10.3. The minimum absolute atomic E-state index is 0.864. The van der Waals surface area contributed by atoms with Crippen molar-refractivity contribution < 1.29 is 0 Å². The molecule has 8 heavy (non-hydrogen) atoms. The molecule has 0 heterocycles. The summed E-state index contributed by atoms with van der Waals surface area (Å²) in [6.45, 7) is 5.85. The van der Waals surface area contributed by atoms with E-state index in [1.54, 1.807) is 0 Å². The Morgan fingerprint density at radius 2 is 1.88 bits per heavy atom. The van der Waals surface area contributed by atoms with Gasteiger partial charge in [0.15, 0.2) is 0 Å². The Labute approximate surface area is 55.9 Å². The van der Waals surface area contributed by atoms with Crippen LogP contribution in [0.1, 0.15) is 20.8 Å². The molecule has 0 aliphatic rings. The first kappa shape index (κ1) is 7.77. The van der Waals surface area contributed by atoms with Gasteiger partial charge in [-0.25, -0.2) is 0 Å². The number of rotatable bonds is 1. The van der Waals surface area contributed by atoms with E-state index in [-0.39, 0.29) is 0 Å². The topological polar surface area (TPSA) is 0 Å². The highest BCUT2D eigenvalue weighted by Crippen LogP contribution is 2.07. The lowest BCUT2D eigenvalue weighted by Crippen LogP contribution is -1.67. The average molecular weight is 131 g/mol. The summed E-state index contributed by atoms with van der Waals surface area (Å²) in [4.78, 5) is 0. The lowest BCUT2D eigenvalue weighted by Gasteiger charge is -1.89. The predicted octanol–water partition coefficient (Wildman–Crippen LogP) is 3.10. The van der Waals surface area contributed by atoms with E-state index in [0.29, 0.717) is 0 Å². The minimum atomic E-state index is 0.864. The minimum Gasteiger partial charge on any atom is -0.0892 e. The van der Waals surface area contributed by atoms with Crippen LogP contribution in [-0.2, 0) is 0 Å². The Balaban J connectivity index is 4.00. The van der Waals surface area contributed by atoms with Gasteiger partial charge in [0.2, 0.25) is 0 Å². The number of allylic oxidation sites excluding steroid dienone is 4. The zero-order valence-electron chi connectivity index (χ0n) is 5.53. The normalized spacial score (nSPS) is 14.5. The second-order valence-electron chi connectivity index (χ2n) is 1.72. The Kier molecular flexibility index (Phi) is 3.63. The number of halogens is 1. The summed E-state index contributed by atoms with van der Waals surface area (Å²) in [6.07, 6.45) is 3.96. The van der Waals surface area contributed by atoms with Crippen molar-refractivity contribution in [1.29, 1.82) is 0 Å². The molecular formula is C7H11Cl. The van der Waals surface area contributed by atoms with E-state index in [4.69, 9.17) is 11.6 Å². The smallest absolute Gasteiger partial charge is 0.0179 e. The second-order valence-corrected chi connectivity index (χ2v) is 2.28. The molecule has 46 valence electrons. The SMILES string of the molecule is C/C=C/C(C)=C(\C)Cl. The van der Waals surface area contributed by atoms with Crippen molar-refractivity contribution in [3.63, 3.8) is 0 Å². The summed E-state index contributed by atoms with van der Waals surface area (Å²) in [6, 6.07) is 0. The zero-order chi connectivity index (χ0) is 6.57. The van der Waals surface area contributed by atoms with Crippen LogP contribution in [-0.4, -0.2) is 0 Å². The summed E-state index contributed by atoms with van der Waals surface area (Å²) in [5.74, 6) is 0. The Morgan fingerprint density at radius 3 is 2.00 bits per heavy atom. The van der Waals surface area contributed by atoms with Gasteiger partial charge in [-0.05, 0) is 26.3 Å². The van der Waals surface area contributed by atoms with Crippen LogP contribution in [0.2, 0.25) is 0 Å². The Hall–Kier alpha value is -0.230. The first-order valence-electron chi connectivity index (χ1n) is 2.64. The van der Waals surface area contributed by atoms with Gasteiger partial charge in [-0.15, -0.1) is 0 Å². The van der Waals surface area contributed by atoms with E-state index in [0.717, 1.165) is 10.6 Å². The molecule has 0 unspecified atom stereocenters. The second kappa shape index (κ2) is 3.73. The Morgan fingerprint density at radius 1 is 1.38 bits per heavy atom. The third kappa shape index (κ3) is 2.86. The molecule has 0 nitrogen and oxygen atoms in total.